The van der Waals surface area contributed by atoms with E-state index in [4.69, 9.17) is 4.74 Å². The van der Waals surface area contributed by atoms with Gasteiger partial charge in [-0.2, -0.15) is 0 Å². The minimum Gasteiger partial charge on any atom is -0.467 e. The molecule has 2 unspecified atom stereocenters. The molecule has 0 radical (unpaired) electrons. The minimum atomic E-state index is -1.77. The van der Waals surface area contributed by atoms with Crippen LogP contribution in [0.2, 0.25) is 0 Å². The Morgan fingerprint density at radius 1 is 1.37 bits per heavy atom. The second kappa shape index (κ2) is 6.81. The molecule has 2 N–H and O–H groups in total. The highest BCUT2D eigenvalue weighted by Crippen LogP contribution is 2.16. The molecule has 1 aromatic rings. The lowest BCUT2D eigenvalue weighted by Gasteiger charge is -2.15. The van der Waals surface area contributed by atoms with Gasteiger partial charge in [0.15, 0.2) is 6.10 Å². The standard InChI is InChI=1S/C12H15NO6/c1-3-19-11(16)8-6-4-5-7(13-8)9(14)10(15)12(17)18-2/h4-6,9-10,14-15H,3H2,1-2H3. The summed E-state index contributed by atoms with van der Waals surface area (Å²) < 4.78 is 9.06. The Hall–Kier alpha value is -1.99. The Labute approximate surface area is 109 Å². The predicted molar refractivity (Wildman–Crippen MR) is 63.2 cm³/mol. The smallest absolute Gasteiger partial charge is 0.356 e. The highest BCUT2D eigenvalue weighted by molar-refractivity contribution is 5.87. The van der Waals surface area contributed by atoms with Gasteiger partial charge in [0.2, 0.25) is 0 Å². The first-order valence-corrected chi connectivity index (χ1v) is 5.59. The summed E-state index contributed by atoms with van der Waals surface area (Å²) >= 11 is 0. The van der Waals surface area contributed by atoms with Crippen LogP contribution < -0.4 is 0 Å². The lowest BCUT2D eigenvalue weighted by Crippen LogP contribution is -2.29. The molecule has 7 heteroatoms. The van der Waals surface area contributed by atoms with Crippen LogP contribution in [0.25, 0.3) is 0 Å². The summed E-state index contributed by atoms with van der Waals surface area (Å²) in [6.07, 6.45) is -3.35. The highest BCUT2D eigenvalue weighted by atomic mass is 16.5. The van der Waals surface area contributed by atoms with Crippen LogP contribution in [0.4, 0.5) is 0 Å². The molecule has 0 saturated heterocycles. The zero-order chi connectivity index (χ0) is 14.4. The number of nitrogens with zero attached hydrogens (tertiary/aromatic N) is 1. The maximum absolute atomic E-state index is 11.5. The van der Waals surface area contributed by atoms with Gasteiger partial charge < -0.3 is 19.7 Å². The number of carbonyl (C=O) groups is 2. The number of rotatable bonds is 5. The van der Waals surface area contributed by atoms with Crippen LogP contribution in [-0.4, -0.2) is 47.0 Å². The third-order valence-corrected chi connectivity index (χ3v) is 2.30. The second-order valence-electron chi connectivity index (χ2n) is 3.58. The topological polar surface area (TPSA) is 106 Å². The average Bonchev–Trinajstić information content (AvgIpc) is 2.45. The molecule has 1 aromatic heterocycles. The maximum atomic E-state index is 11.5. The van der Waals surface area contributed by atoms with Crippen molar-refractivity contribution in [3.63, 3.8) is 0 Å². The Bertz CT molecular complexity index is 461. The number of hydrogen-bond donors (Lipinski definition) is 2. The fourth-order valence-electron chi connectivity index (χ4n) is 1.35. The Morgan fingerprint density at radius 2 is 2.05 bits per heavy atom. The van der Waals surface area contributed by atoms with Gasteiger partial charge in [-0.1, -0.05) is 6.07 Å². The number of pyridine rings is 1. The highest BCUT2D eigenvalue weighted by Gasteiger charge is 2.28. The van der Waals surface area contributed by atoms with Gasteiger partial charge in [-0.05, 0) is 19.1 Å². The number of carbonyl (C=O) groups excluding carboxylic acids is 2. The van der Waals surface area contributed by atoms with E-state index in [1.807, 2.05) is 0 Å². The Balaban J connectivity index is 2.92. The zero-order valence-corrected chi connectivity index (χ0v) is 10.6. The molecule has 0 aliphatic carbocycles. The first-order chi connectivity index (χ1) is 9.01. The summed E-state index contributed by atoms with van der Waals surface area (Å²) in [6, 6.07) is 4.24. The van der Waals surface area contributed by atoms with Gasteiger partial charge in [-0.3, -0.25) is 0 Å². The maximum Gasteiger partial charge on any atom is 0.356 e. The summed E-state index contributed by atoms with van der Waals surface area (Å²) in [5.74, 6) is -1.64. The zero-order valence-electron chi connectivity index (χ0n) is 10.6. The molecule has 0 fully saturated rings. The number of aliphatic hydroxyl groups is 2. The van der Waals surface area contributed by atoms with Crippen molar-refractivity contribution < 1.29 is 29.3 Å². The Kier molecular flexibility index (Phi) is 5.40. The van der Waals surface area contributed by atoms with E-state index in [2.05, 4.69) is 9.72 Å². The molecular formula is C12H15NO6. The van der Waals surface area contributed by atoms with E-state index in [0.717, 1.165) is 7.11 Å². The van der Waals surface area contributed by atoms with Crippen molar-refractivity contribution in [3.05, 3.63) is 29.6 Å². The monoisotopic (exact) mass is 269 g/mol. The summed E-state index contributed by atoms with van der Waals surface area (Å²) in [7, 11) is 1.08. The number of aromatic nitrogens is 1. The van der Waals surface area contributed by atoms with Gasteiger partial charge in [-0.25, -0.2) is 14.6 Å². The molecule has 0 aliphatic rings. The second-order valence-corrected chi connectivity index (χ2v) is 3.58. The number of esters is 2. The van der Waals surface area contributed by atoms with Gasteiger partial charge in [0.1, 0.15) is 11.8 Å². The fraction of sp³-hybridized carbons (Fsp3) is 0.417. The molecule has 19 heavy (non-hydrogen) atoms. The number of aliphatic hydroxyl groups excluding tert-OH is 2. The van der Waals surface area contributed by atoms with E-state index >= 15 is 0 Å². The van der Waals surface area contributed by atoms with Crippen LogP contribution in [0, 0.1) is 0 Å². The predicted octanol–water partition coefficient (Wildman–Crippen LogP) is -0.174. The molecule has 0 bridgehead atoms. The number of ether oxygens (including phenoxy) is 2. The van der Waals surface area contributed by atoms with Crippen LogP contribution >= 0.6 is 0 Å². The summed E-state index contributed by atoms with van der Waals surface area (Å²) in [5.41, 5.74) is -0.0427. The molecule has 0 aromatic carbocycles. The van der Waals surface area contributed by atoms with Crippen LogP contribution in [0.5, 0.6) is 0 Å². The fourth-order valence-corrected chi connectivity index (χ4v) is 1.35. The minimum absolute atomic E-state index is 0.0181. The number of methoxy groups -OCH3 is 1. The van der Waals surface area contributed by atoms with Gasteiger partial charge in [0, 0.05) is 0 Å². The molecule has 0 saturated carbocycles. The van der Waals surface area contributed by atoms with E-state index < -0.39 is 24.1 Å². The third-order valence-electron chi connectivity index (χ3n) is 2.30. The molecule has 0 amide bonds. The molecule has 104 valence electrons. The summed E-state index contributed by atoms with van der Waals surface area (Å²) in [5, 5.41) is 19.3. The van der Waals surface area contributed by atoms with E-state index in [0.29, 0.717) is 0 Å². The molecule has 1 rings (SSSR count). The first-order valence-electron chi connectivity index (χ1n) is 5.59. The van der Waals surface area contributed by atoms with Gasteiger partial charge in [-0.15, -0.1) is 0 Å². The first kappa shape index (κ1) is 15.1. The summed E-state index contributed by atoms with van der Waals surface area (Å²) in [6.45, 7) is 1.84. The molecule has 1 heterocycles. The molecule has 0 aliphatic heterocycles. The van der Waals surface area contributed by atoms with Crippen molar-refractivity contribution in [2.75, 3.05) is 13.7 Å². The van der Waals surface area contributed by atoms with E-state index in [-0.39, 0.29) is 18.0 Å². The average molecular weight is 269 g/mol. The van der Waals surface area contributed by atoms with Crippen LogP contribution in [0.1, 0.15) is 29.2 Å². The lowest BCUT2D eigenvalue weighted by molar-refractivity contribution is -0.157. The normalized spacial score (nSPS) is 13.5. The van der Waals surface area contributed by atoms with E-state index in [1.54, 1.807) is 6.92 Å². The van der Waals surface area contributed by atoms with Crippen molar-refractivity contribution in [2.45, 2.75) is 19.1 Å². The number of hydrogen-bond acceptors (Lipinski definition) is 7. The van der Waals surface area contributed by atoms with Crippen LogP contribution in [-0.2, 0) is 14.3 Å². The van der Waals surface area contributed by atoms with E-state index in [9.17, 15) is 19.8 Å². The van der Waals surface area contributed by atoms with Crippen LogP contribution in [0.15, 0.2) is 18.2 Å². The lowest BCUT2D eigenvalue weighted by atomic mass is 10.1. The molecule has 7 nitrogen and oxygen atoms in total. The van der Waals surface area contributed by atoms with Gasteiger partial charge in [0.25, 0.3) is 0 Å². The van der Waals surface area contributed by atoms with Crippen molar-refractivity contribution in [3.8, 4) is 0 Å². The van der Waals surface area contributed by atoms with Crippen LogP contribution in [0.3, 0.4) is 0 Å². The third kappa shape index (κ3) is 3.73. The Morgan fingerprint density at radius 3 is 2.63 bits per heavy atom. The molecule has 0 spiro atoms. The van der Waals surface area contributed by atoms with Crippen molar-refractivity contribution in [2.24, 2.45) is 0 Å². The van der Waals surface area contributed by atoms with Gasteiger partial charge >= 0.3 is 11.9 Å². The SMILES string of the molecule is CCOC(=O)c1cccc(C(O)C(O)C(=O)OC)n1. The molecule has 2 atom stereocenters. The van der Waals surface area contributed by atoms with Crippen molar-refractivity contribution in [1.29, 1.82) is 0 Å². The largest absolute Gasteiger partial charge is 0.467 e. The quantitative estimate of drug-likeness (QED) is 0.714. The van der Waals surface area contributed by atoms with Crippen molar-refractivity contribution >= 4 is 11.9 Å². The summed E-state index contributed by atoms with van der Waals surface area (Å²) in [4.78, 5) is 26.4. The van der Waals surface area contributed by atoms with Crippen molar-refractivity contribution in [1.82, 2.24) is 4.98 Å². The van der Waals surface area contributed by atoms with Gasteiger partial charge in [0.05, 0.1) is 19.4 Å². The van der Waals surface area contributed by atoms with E-state index in [1.165, 1.54) is 18.2 Å². The molecular weight excluding hydrogens is 254 g/mol.